The summed E-state index contributed by atoms with van der Waals surface area (Å²) in [6, 6.07) is 6.60. The molecule has 5 nitrogen and oxygen atoms in total. The van der Waals surface area contributed by atoms with Crippen LogP contribution in [-0.4, -0.2) is 43.0 Å². The summed E-state index contributed by atoms with van der Waals surface area (Å²) in [5, 5.41) is 2.97. The van der Waals surface area contributed by atoms with Crippen LogP contribution in [0.15, 0.2) is 24.3 Å². The highest BCUT2D eigenvalue weighted by molar-refractivity contribution is 5.99. The Kier molecular flexibility index (Phi) is 6.40. The second kappa shape index (κ2) is 8.77. The van der Waals surface area contributed by atoms with Gasteiger partial charge in [-0.15, -0.1) is 0 Å². The fraction of sp³-hybridized carbons (Fsp3) is 0.636. The third-order valence-electron chi connectivity index (χ3n) is 6.17. The fourth-order valence-electron chi connectivity index (χ4n) is 4.56. The topological polar surface area (TPSA) is 58.6 Å². The highest BCUT2D eigenvalue weighted by Gasteiger charge is 2.36. The number of nitrogens with zero attached hydrogens (tertiary/aromatic N) is 1. The van der Waals surface area contributed by atoms with E-state index < -0.39 is 6.04 Å². The SMILES string of the molecule is COc1ccccc1C(=O)N[C@H](C(=O)N1CC[C@@H]2CCCC[C@H]2C1)C(C)C. The van der Waals surface area contributed by atoms with Gasteiger partial charge in [-0.3, -0.25) is 9.59 Å². The van der Waals surface area contributed by atoms with Crippen molar-refractivity contribution in [1.82, 2.24) is 10.2 Å². The lowest BCUT2D eigenvalue weighted by molar-refractivity contribution is -0.137. The molecule has 1 saturated heterocycles. The molecule has 2 amide bonds. The van der Waals surface area contributed by atoms with E-state index in [2.05, 4.69) is 5.32 Å². The Morgan fingerprint density at radius 3 is 2.52 bits per heavy atom. The smallest absolute Gasteiger partial charge is 0.255 e. The summed E-state index contributed by atoms with van der Waals surface area (Å²) >= 11 is 0. The number of rotatable bonds is 5. The predicted octanol–water partition coefficient (Wildman–Crippen LogP) is 3.49. The maximum atomic E-state index is 13.2. The number of benzene rings is 1. The summed E-state index contributed by atoms with van der Waals surface area (Å²) in [6.07, 6.45) is 6.25. The summed E-state index contributed by atoms with van der Waals surface area (Å²) in [5.74, 6) is 1.76. The number of para-hydroxylation sites is 1. The van der Waals surface area contributed by atoms with Crippen LogP contribution >= 0.6 is 0 Å². The van der Waals surface area contributed by atoms with Crippen molar-refractivity contribution < 1.29 is 14.3 Å². The molecule has 1 aromatic carbocycles. The minimum absolute atomic E-state index is 0.0280. The van der Waals surface area contributed by atoms with E-state index in [-0.39, 0.29) is 17.7 Å². The Morgan fingerprint density at radius 1 is 1.11 bits per heavy atom. The van der Waals surface area contributed by atoms with E-state index in [0.717, 1.165) is 25.4 Å². The van der Waals surface area contributed by atoms with E-state index in [1.165, 1.54) is 25.7 Å². The molecule has 3 rings (SSSR count). The lowest BCUT2D eigenvalue weighted by Gasteiger charge is -2.42. The Bertz CT molecular complexity index is 673. The van der Waals surface area contributed by atoms with Crippen LogP contribution < -0.4 is 10.1 Å². The first kappa shape index (κ1) is 19.7. The van der Waals surface area contributed by atoms with Gasteiger partial charge in [-0.1, -0.05) is 45.2 Å². The number of ether oxygens (including phenoxy) is 1. The van der Waals surface area contributed by atoms with E-state index in [1.807, 2.05) is 24.8 Å². The molecule has 5 heteroatoms. The van der Waals surface area contributed by atoms with Gasteiger partial charge in [-0.25, -0.2) is 0 Å². The lowest BCUT2D eigenvalue weighted by atomic mass is 9.75. The minimum atomic E-state index is -0.512. The number of likely N-dealkylation sites (tertiary alicyclic amines) is 1. The van der Waals surface area contributed by atoms with E-state index in [9.17, 15) is 9.59 Å². The van der Waals surface area contributed by atoms with Crippen molar-refractivity contribution in [2.45, 2.75) is 52.0 Å². The first-order valence-corrected chi connectivity index (χ1v) is 10.2. The average Bonchev–Trinajstić information content (AvgIpc) is 2.70. The van der Waals surface area contributed by atoms with Crippen LogP contribution in [0.2, 0.25) is 0 Å². The molecule has 1 aliphatic heterocycles. The Morgan fingerprint density at radius 2 is 1.81 bits per heavy atom. The zero-order valence-corrected chi connectivity index (χ0v) is 16.7. The molecule has 0 bridgehead atoms. The van der Waals surface area contributed by atoms with Gasteiger partial charge in [0.2, 0.25) is 5.91 Å². The van der Waals surface area contributed by atoms with Gasteiger partial charge in [-0.2, -0.15) is 0 Å². The van der Waals surface area contributed by atoms with Gasteiger partial charge in [0.05, 0.1) is 12.7 Å². The quantitative estimate of drug-likeness (QED) is 0.861. The molecule has 3 atom stereocenters. The van der Waals surface area contributed by atoms with E-state index in [4.69, 9.17) is 4.74 Å². The third-order valence-corrected chi connectivity index (χ3v) is 6.17. The number of carbonyl (C=O) groups is 2. The first-order valence-electron chi connectivity index (χ1n) is 10.2. The predicted molar refractivity (Wildman–Crippen MR) is 106 cm³/mol. The molecule has 2 aliphatic rings. The van der Waals surface area contributed by atoms with Crippen molar-refractivity contribution in [3.8, 4) is 5.75 Å². The number of nitrogens with one attached hydrogen (secondary N) is 1. The summed E-state index contributed by atoms with van der Waals surface area (Å²) in [5.41, 5.74) is 0.462. The summed E-state index contributed by atoms with van der Waals surface area (Å²) in [4.78, 5) is 28.0. The first-order chi connectivity index (χ1) is 13.0. The molecule has 0 spiro atoms. The van der Waals surface area contributed by atoms with Crippen LogP contribution in [0.3, 0.4) is 0 Å². The molecular formula is C22H32N2O3. The average molecular weight is 373 g/mol. The minimum Gasteiger partial charge on any atom is -0.496 e. The Hall–Kier alpha value is -2.04. The molecule has 1 heterocycles. The third kappa shape index (κ3) is 4.45. The van der Waals surface area contributed by atoms with Gasteiger partial charge in [0.25, 0.3) is 5.91 Å². The highest BCUT2D eigenvalue weighted by Crippen LogP contribution is 2.36. The van der Waals surface area contributed by atoms with Crippen LogP contribution in [0.1, 0.15) is 56.3 Å². The molecule has 0 radical (unpaired) electrons. The van der Waals surface area contributed by atoms with Crippen molar-refractivity contribution in [3.05, 3.63) is 29.8 Å². The van der Waals surface area contributed by atoms with Crippen LogP contribution in [0.25, 0.3) is 0 Å². The molecule has 1 saturated carbocycles. The van der Waals surface area contributed by atoms with Crippen molar-refractivity contribution in [2.75, 3.05) is 20.2 Å². The molecule has 1 aliphatic carbocycles. The van der Waals surface area contributed by atoms with Gasteiger partial charge in [0.15, 0.2) is 0 Å². The molecule has 2 fully saturated rings. The molecule has 148 valence electrons. The number of carbonyl (C=O) groups excluding carboxylic acids is 2. The Labute approximate surface area is 162 Å². The zero-order valence-electron chi connectivity index (χ0n) is 16.7. The molecule has 1 N–H and O–H groups in total. The number of amides is 2. The van der Waals surface area contributed by atoms with Crippen molar-refractivity contribution in [1.29, 1.82) is 0 Å². The van der Waals surface area contributed by atoms with Gasteiger partial charge >= 0.3 is 0 Å². The highest BCUT2D eigenvalue weighted by atomic mass is 16.5. The van der Waals surface area contributed by atoms with Crippen molar-refractivity contribution >= 4 is 11.8 Å². The van der Waals surface area contributed by atoms with Crippen LogP contribution in [-0.2, 0) is 4.79 Å². The van der Waals surface area contributed by atoms with Gasteiger partial charge in [0.1, 0.15) is 11.8 Å². The number of hydrogen-bond donors (Lipinski definition) is 1. The largest absolute Gasteiger partial charge is 0.496 e. The number of piperidine rings is 1. The van der Waals surface area contributed by atoms with Crippen LogP contribution in [0, 0.1) is 17.8 Å². The molecule has 0 unspecified atom stereocenters. The van der Waals surface area contributed by atoms with Gasteiger partial charge < -0.3 is 15.0 Å². The number of hydrogen-bond acceptors (Lipinski definition) is 3. The molecular weight excluding hydrogens is 340 g/mol. The van der Waals surface area contributed by atoms with Gasteiger partial charge in [0, 0.05) is 13.1 Å². The fourth-order valence-corrected chi connectivity index (χ4v) is 4.56. The molecule has 1 aromatic rings. The molecule has 27 heavy (non-hydrogen) atoms. The van der Waals surface area contributed by atoms with Crippen molar-refractivity contribution in [2.24, 2.45) is 17.8 Å². The normalized spacial score (nSPS) is 23.5. The molecule has 0 aromatic heterocycles. The second-order valence-corrected chi connectivity index (χ2v) is 8.27. The monoisotopic (exact) mass is 372 g/mol. The van der Waals surface area contributed by atoms with Crippen LogP contribution in [0.4, 0.5) is 0 Å². The summed E-state index contributed by atoms with van der Waals surface area (Å²) in [6.45, 7) is 5.63. The van der Waals surface area contributed by atoms with E-state index >= 15 is 0 Å². The number of fused-ring (bicyclic) bond motifs is 1. The summed E-state index contributed by atoms with van der Waals surface area (Å²) < 4.78 is 5.29. The summed E-state index contributed by atoms with van der Waals surface area (Å²) in [7, 11) is 1.55. The number of methoxy groups -OCH3 is 1. The maximum absolute atomic E-state index is 13.2. The van der Waals surface area contributed by atoms with E-state index in [1.54, 1.807) is 25.3 Å². The van der Waals surface area contributed by atoms with Gasteiger partial charge in [-0.05, 0) is 42.7 Å². The van der Waals surface area contributed by atoms with Crippen LogP contribution in [0.5, 0.6) is 5.75 Å². The Balaban J connectivity index is 1.69. The lowest BCUT2D eigenvalue weighted by Crippen LogP contribution is -2.54. The second-order valence-electron chi connectivity index (χ2n) is 8.27. The van der Waals surface area contributed by atoms with Crippen molar-refractivity contribution in [3.63, 3.8) is 0 Å². The standard InChI is InChI=1S/C22H32N2O3/c1-15(2)20(23-21(25)18-10-6-7-11-19(18)27-3)22(26)24-13-12-16-8-4-5-9-17(16)14-24/h6-7,10-11,15-17,20H,4-5,8-9,12-14H2,1-3H3,(H,23,25)/t16-,17-,20-/m0/s1. The van der Waals surface area contributed by atoms with E-state index in [0.29, 0.717) is 17.2 Å². The zero-order chi connectivity index (χ0) is 19.4. The maximum Gasteiger partial charge on any atom is 0.255 e.